The summed E-state index contributed by atoms with van der Waals surface area (Å²) in [5.74, 6) is 0.564. The average Bonchev–Trinajstić information content (AvgIpc) is 2.25. The summed E-state index contributed by atoms with van der Waals surface area (Å²) >= 11 is 5.72. The second-order valence-electron chi connectivity index (χ2n) is 3.80. The number of pyridine rings is 1. The van der Waals surface area contributed by atoms with E-state index in [1.165, 1.54) is 6.20 Å². The van der Waals surface area contributed by atoms with Gasteiger partial charge in [0.05, 0.1) is 18.1 Å². The number of likely N-dealkylation sites (tertiary alicyclic amines) is 1. The molecule has 0 atom stereocenters. The van der Waals surface area contributed by atoms with Crippen LogP contribution in [0.25, 0.3) is 0 Å². The van der Waals surface area contributed by atoms with Gasteiger partial charge in [-0.2, -0.15) is 0 Å². The summed E-state index contributed by atoms with van der Waals surface area (Å²) in [6.45, 7) is 3.03. The van der Waals surface area contributed by atoms with Gasteiger partial charge in [-0.15, -0.1) is 0 Å². The number of carbonyl (C=O) groups is 1. The van der Waals surface area contributed by atoms with E-state index in [4.69, 9.17) is 16.3 Å². The fourth-order valence-electron chi connectivity index (χ4n) is 1.54. The highest BCUT2D eigenvalue weighted by atomic mass is 35.5. The molecule has 2 heterocycles. The molecule has 2 rings (SSSR count). The first-order valence-electron chi connectivity index (χ1n) is 5.39. The number of carbonyl (C=O) groups excluding carboxylic acids is 1. The number of amides is 1. The Morgan fingerprint density at radius 2 is 2.35 bits per heavy atom. The molecule has 1 fully saturated rings. The van der Waals surface area contributed by atoms with E-state index in [0.29, 0.717) is 24.0 Å². The van der Waals surface area contributed by atoms with Crippen LogP contribution in [0.3, 0.4) is 0 Å². The Kier molecular flexibility index (Phi) is 3.64. The molecule has 0 aromatic carbocycles. The first-order valence-corrected chi connectivity index (χ1v) is 5.76. The molecule has 0 spiro atoms. The van der Waals surface area contributed by atoms with Crippen molar-refractivity contribution in [1.82, 2.24) is 9.88 Å². The fraction of sp³-hybridized carbons (Fsp3) is 0.333. The summed E-state index contributed by atoms with van der Waals surface area (Å²) in [5, 5.41) is 0.579. The van der Waals surface area contributed by atoms with Crippen LogP contribution in [0.4, 0.5) is 0 Å². The molecule has 0 saturated carbocycles. The van der Waals surface area contributed by atoms with Gasteiger partial charge in [-0.1, -0.05) is 17.7 Å². The van der Waals surface area contributed by atoms with Crippen molar-refractivity contribution in [3.05, 3.63) is 35.5 Å². The predicted molar refractivity (Wildman–Crippen MR) is 65.1 cm³/mol. The highest BCUT2D eigenvalue weighted by molar-refractivity contribution is 6.30. The minimum atomic E-state index is 0.0245. The van der Waals surface area contributed by atoms with Crippen molar-refractivity contribution in [3.8, 4) is 5.88 Å². The minimum Gasteiger partial charge on any atom is -0.471 e. The maximum absolute atomic E-state index is 11.4. The molecule has 0 aliphatic carbocycles. The molecule has 17 heavy (non-hydrogen) atoms. The normalized spacial score (nSPS) is 16.0. The van der Waals surface area contributed by atoms with Gasteiger partial charge in [-0.3, -0.25) is 4.79 Å². The standard InChI is InChI=1S/C12H13ClN2O2/c1-2-3-12(16)15-7-10(8-15)17-11-5-4-9(13)6-14-11/h2-6,10H,7-8H2,1H3/b3-2+. The van der Waals surface area contributed by atoms with Crippen LogP contribution in [0.2, 0.25) is 5.02 Å². The topological polar surface area (TPSA) is 42.4 Å². The summed E-state index contributed by atoms with van der Waals surface area (Å²) < 4.78 is 5.58. The third-order valence-corrected chi connectivity index (χ3v) is 2.68. The van der Waals surface area contributed by atoms with Crippen LogP contribution in [0.5, 0.6) is 5.88 Å². The van der Waals surface area contributed by atoms with E-state index in [-0.39, 0.29) is 12.0 Å². The van der Waals surface area contributed by atoms with Crippen molar-refractivity contribution in [2.24, 2.45) is 0 Å². The third kappa shape index (κ3) is 2.97. The maximum atomic E-state index is 11.4. The lowest BCUT2D eigenvalue weighted by molar-refractivity contribution is -0.134. The Morgan fingerprint density at radius 1 is 1.59 bits per heavy atom. The molecular weight excluding hydrogens is 240 g/mol. The van der Waals surface area contributed by atoms with Gasteiger partial charge in [0.1, 0.15) is 6.10 Å². The van der Waals surface area contributed by atoms with E-state index in [1.54, 1.807) is 29.2 Å². The quantitative estimate of drug-likeness (QED) is 0.772. The number of ether oxygens (including phenoxy) is 1. The molecule has 1 aromatic heterocycles. The largest absolute Gasteiger partial charge is 0.471 e. The molecule has 0 unspecified atom stereocenters. The second-order valence-corrected chi connectivity index (χ2v) is 4.23. The number of hydrogen-bond donors (Lipinski definition) is 0. The van der Waals surface area contributed by atoms with Gasteiger partial charge in [0.2, 0.25) is 11.8 Å². The first kappa shape index (κ1) is 11.9. The van der Waals surface area contributed by atoms with Gasteiger partial charge in [-0.25, -0.2) is 4.98 Å². The van der Waals surface area contributed by atoms with Crippen LogP contribution in [-0.2, 0) is 4.79 Å². The summed E-state index contributed by atoms with van der Waals surface area (Å²) in [6, 6.07) is 3.45. The van der Waals surface area contributed by atoms with Gasteiger partial charge in [0.25, 0.3) is 0 Å². The summed E-state index contributed by atoms with van der Waals surface area (Å²) in [7, 11) is 0. The van der Waals surface area contributed by atoms with Crippen LogP contribution in [0, 0.1) is 0 Å². The van der Waals surface area contributed by atoms with Gasteiger partial charge in [-0.05, 0) is 19.1 Å². The second kappa shape index (κ2) is 5.19. The van der Waals surface area contributed by atoms with E-state index in [0.717, 1.165) is 0 Å². The molecule has 1 aliphatic rings. The summed E-state index contributed by atoms with van der Waals surface area (Å²) in [5.41, 5.74) is 0. The van der Waals surface area contributed by atoms with Crippen LogP contribution >= 0.6 is 11.6 Å². The van der Waals surface area contributed by atoms with E-state index in [2.05, 4.69) is 4.98 Å². The van der Waals surface area contributed by atoms with Crippen molar-refractivity contribution in [3.63, 3.8) is 0 Å². The molecule has 1 aromatic rings. The van der Waals surface area contributed by atoms with Crippen LogP contribution in [0.15, 0.2) is 30.5 Å². The number of aromatic nitrogens is 1. The minimum absolute atomic E-state index is 0.0245. The zero-order chi connectivity index (χ0) is 12.3. The Morgan fingerprint density at radius 3 is 2.94 bits per heavy atom. The van der Waals surface area contributed by atoms with Crippen LogP contribution < -0.4 is 4.74 Å². The third-order valence-electron chi connectivity index (χ3n) is 2.46. The smallest absolute Gasteiger partial charge is 0.246 e. The number of allylic oxidation sites excluding steroid dienone is 1. The highest BCUT2D eigenvalue weighted by Crippen LogP contribution is 2.17. The molecule has 5 heteroatoms. The highest BCUT2D eigenvalue weighted by Gasteiger charge is 2.31. The Hall–Kier alpha value is -1.55. The van der Waals surface area contributed by atoms with E-state index in [1.807, 2.05) is 6.92 Å². The molecule has 0 N–H and O–H groups in total. The average molecular weight is 253 g/mol. The molecule has 1 amide bonds. The Labute approximate surface area is 105 Å². The molecule has 0 bridgehead atoms. The monoisotopic (exact) mass is 252 g/mol. The van der Waals surface area contributed by atoms with E-state index >= 15 is 0 Å². The van der Waals surface area contributed by atoms with Crippen molar-refractivity contribution in [1.29, 1.82) is 0 Å². The molecule has 1 saturated heterocycles. The summed E-state index contributed by atoms with van der Waals surface area (Å²) in [6.07, 6.45) is 4.85. The number of halogens is 1. The lowest BCUT2D eigenvalue weighted by Crippen LogP contribution is -2.55. The van der Waals surface area contributed by atoms with Crippen molar-refractivity contribution < 1.29 is 9.53 Å². The van der Waals surface area contributed by atoms with Crippen LogP contribution in [0.1, 0.15) is 6.92 Å². The van der Waals surface area contributed by atoms with E-state index in [9.17, 15) is 4.79 Å². The Bertz CT molecular complexity index is 425. The van der Waals surface area contributed by atoms with Crippen LogP contribution in [-0.4, -0.2) is 35.0 Å². The number of nitrogens with zero attached hydrogens (tertiary/aromatic N) is 2. The number of hydrogen-bond acceptors (Lipinski definition) is 3. The fourth-order valence-corrected chi connectivity index (χ4v) is 1.66. The summed E-state index contributed by atoms with van der Waals surface area (Å²) in [4.78, 5) is 17.2. The van der Waals surface area contributed by atoms with E-state index < -0.39 is 0 Å². The zero-order valence-corrected chi connectivity index (χ0v) is 10.2. The van der Waals surface area contributed by atoms with Crippen molar-refractivity contribution >= 4 is 17.5 Å². The SMILES string of the molecule is C/C=C/C(=O)N1CC(Oc2ccc(Cl)cn2)C1. The molecule has 0 radical (unpaired) electrons. The molecule has 90 valence electrons. The van der Waals surface area contributed by atoms with Gasteiger partial charge < -0.3 is 9.64 Å². The molecular formula is C12H13ClN2O2. The molecule has 1 aliphatic heterocycles. The molecule has 4 nitrogen and oxygen atoms in total. The zero-order valence-electron chi connectivity index (χ0n) is 9.47. The lowest BCUT2D eigenvalue weighted by atomic mass is 10.1. The first-order chi connectivity index (χ1) is 8.19. The van der Waals surface area contributed by atoms with Gasteiger partial charge >= 0.3 is 0 Å². The van der Waals surface area contributed by atoms with Crippen molar-refractivity contribution in [2.45, 2.75) is 13.0 Å². The lowest BCUT2D eigenvalue weighted by Gasteiger charge is -2.37. The van der Waals surface area contributed by atoms with Gasteiger partial charge in [0.15, 0.2) is 0 Å². The number of rotatable bonds is 3. The Balaban J connectivity index is 1.81. The van der Waals surface area contributed by atoms with Gasteiger partial charge in [0, 0.05) is 12.3 Å². The predicted octanol–water partition coefficient (Wildman–Crippen LogP) is 1.90. The maximum Gasteiger partial charge on any atom is 0.246 e. The van der Waals surface area contributed by atoms with Crippen molar-refractivity contribution in [2.75, 3.05) is 13.1 Å².